The van der Waals surface area contributed by atoms with Gasteiger partial charge < -0.3 is 10.2 Å². The van der Waals surface area contributed by atoms with Crippen LogP contribution in [0.2, 0.25) is 5.02 Å². The maximum Gasteiger partial charge on any atom is 0.227 e. The lowest BCUT2D eigenvalue weighted by molar-refractivity contribution is -0.126. The van der Waals surface area contributed by atoms with Crippen molar-refractivity contribution in [3.05, 3.63) is 51.7 Å². The first kappa shape index (κ1) is 16.0. The van der Waals surface area contributed by atoms with Gasteiger partial charge in [-0.2, -0.15) is 0 Å². The minimum Gasteiger partial charge on any atom is -0.355 e. The maximum atomic E-state index is 12.3. The molecule has 2 aromatic rings. The number of para-hydroxylation sites is 1. The largest absolute Gasteiger partial charge is 0.355 e. The normalized spacial score (nSPS) is 17.5. The summed E-state index contributed by atoms with van der Waals surface area (Å²) in [7, 11) is 0. The monoisotopic (exact) mass is 348 g/mol. The van der Waals surface area contributed by atoms with E-state index in [0.29, 0.717) is 23.8 Å². The topological polar surface area (TPSA) is 49.4 Å². The zero-order valence-electron chi connectivity index (χ0n) is 12.5. The highest BCUT2D eigenvalue weighted by Crippen LogP contribution is 2.30. The second-order valence-electron chi connectivity index (χ2n) is 5.48. The molecule has 0 spiro atoms. The molecule has 0 saturated carbocycles. The fourth-order valence-electron chi connectivity index (χ4n) is 2.69. The third kappa shape index (κ3) is 3.74. The molecule has 2 heterocycles. The number of anilines is 1. The van der Waals surface area contributed by atoms with E-state index in [1.807, 2.05) is 23.6 Å². The van der Waals surface area contributed by atoms with Gasteiger partial charge in [-0.25, -0.2) is 0 Å². The van der Waals surface area contributed by atoms with Gasteiger partial charge in [0.2, 0.25) is 11.8 Å². The Morgan fingerprint density at radius 2 is 2.13 bits per heavy atom. The average Bonchev–Trinajstić information content (AvgIpc) is 3.17. The highest BCUT2D eigenvalue weighted by atomic mass is 35.5. The summed E-state index contributed by atoms with van der Waals surface area (Å²) in [5.41, 5.74) is 0.674. The molecule has 1 aliphatic rings. The van der Waals surface area contributed by atoms with Crippen molar-refractivity contribution >= 4 is 40.4 Å². The second-order valence-corrected chi connectivity index (χ2v) is 6.92. The van der Waals surface area contributed by atoms with E-state index in [1.54, 1.807) is 28.4 Å². The van der Waals surface area contributed by atoms with E-state index in [4.69, 9.17) is 11.6 Å². The number of nitrogens with one attached hydrogen (secondary N) is 1. The number of rotatable bonds is 5. The lowest BCUT2D eigenvalue weighted by atomic mass is 10.1. The number of nitrogens with zero attached hydrogens (tertiary/aromatic N) is 1. The number of carbonyl (C=O) groups excluding carboxylic acids is 2. The van der Waals surface area contributed by atoms with Crippen LogP contribution in [0.5, 0.6) is 0 Å². The van der Waals surface area contributed by atoms with Crippen molar-refractivity contribution in [3.63, 3.8) is 0 Å². The van der Waals surface area contributed by atoms with Crippen LogP contribution in [0.25, 0.3) is 0 Å². The van der Waals surface area contributed by atoms with Crippen molar-refractivity contribution in [3.8, 4) is 0 Å². The summed E-state index contributed by atoms with van der Waals surface area (Å²) in [5.74, 6) is -0.442. The Balaban J connectivity index is 1.56. The molecule has 1 fully saturated rings. The molecule has 23 heavy (non-hydrogen) atoms. The molecule has 0 radical (unpaired) electrons. The first-order valence-electron chi connectivity index (χ1n) is 7.50. The number of hydrogen-bond acceptors (Lipinski definition) is 3. The Kier molecular flexibility index (Phi) is 4.98. The molecule has 1 aliphatic heterocycles. The van der Waals surface area contributed by atoms with Crippen molar-refractivity contribution in [1.29, 1.82) is 0 Å². The van der Waals surface area contributed by atoms with Crippen LogP contribution in [-0.2, 0) is 16.0 Å². The Morgan fingerprint density at radius 3 is 2.87 bits per heavy atom. The third-order valence-corrected chi connectivity index (χ3v) is 5.15. The van der Waals surface area contributed by atoms with Crippen LogP contribution < -0.4 is 10.2 Å². The van der Waals surface area contributed by atoms with Crippen LogP contribution in [0.1, 0.15) is 11.3 Å². The first-order valence-corrected chi connectivity index (χ1v) is 8.76. The summed E-state index contributed by atoms with van der Waals surface area (Å²) in [6.07, 6.45) is 1.05. The van der Waals surface area contributed by atoms with E-state index in [1.165, 1.54) is 4.88 Å². The SMILES string of the molecule is O=C(NCCc1cccs1)C1CC(=O)N(c2ccccc2Cl)C1. The van der Waals surface area contributed by atoms with Gasteiger partial charge in [-0.15, -0.1) is 11.3 Å². The molecule has 1 atom stereocenters. The van der Waals surface area contributed by atoms with Crippen LogP contribution in [0, 0.1) is 5.92 Å². The van der Waals surface area contributed by atoms with Crippen LogP contribution in [-0.4, -0.2) is 24.9 Å². The predicted molar refractivity (Wildman–Crippen MR) is 92.9 cm³/mol. The summed E-state index contributed by atoms with van der Waals surface area (Å²) >= 11 is 7.82. The number of benzene rings is 1. The molecule has 0 bridgehead atoms. The highest BCUT2D eigenvalue weighted by Gasteiger charge is 2.35. The summed E-state index contributed by atoms with van der Waals surface area (Å²) in [5, 5.41) is 5.48. The Morgan fingerprint density at radius 1 is 1.30 bits per heavy atom. The summed E-state index contributed by atoms with van der Waals surface area (Å²) in [4.78, 5) is 27.3. The predicted octanol–water partition coefficient (Wildman–Crippen LogP) is 3.11. The average molecular weight is 349 g/mol. The fourth-order valence-corrected chi connectivity index (χ4v) is 3.64. The number of halogens is 1. The zero-order chi connectivity index (χ0) is 16.2. The molecule has 120 valence electrons. The molecule has 1 aromatic carbocycles. The maximum absolute atomic E-state index is 12.3. The molecule has 3 rings (SSSR count). The van der Waals surface area contributed by atoms with Crippen LogP contribution >= 0.6 is 22.9 Å². The van der Waals surface area contributed by atoms with E-state index in [2.05, 4.69) is 11.4 Å². The van der Waals surface area contributed by atoms with Gasteiger partial charge in [0.15, 0.2) is 0 Å². The molecule has 1 unspecified atom stereocenters. The minimum atomic E-state index is -0.317. The molecular weight excluding hydrogens is 332 g/mol. The Labute approximate surface area is 144 Å². The van der Waals surface area contributed by atoms with Gasteiger partial charge in [0.1, 0.15) is 0 Å². The molecule has 1 aromatic heterocycles. The summed E-state index contributed by atoms with van der Waals surface area (Å²) in [6, 6.07) is 11.3. The Bertz CT molecular complexity index is 702. The van der Waals surface area contributed by atoms with Crippen molar-refractivity contribution < 1.29 is 9.59 Å². The van der Waals surface area contributed by atoms with E-state index >= 15 is 0 Å². The lowest BCUT2D eigenvalue weighted by Gasteiger charge is -2.18. The molecule has 4 nitrogen and oxygen atoms in total. The molecule has 2 amide bonds. The fraction of sp³-hybridized carbons (Fsp3) is 0.294. The smallest absolute Gasteiger partial charge is 0.227 e. The molecule has 0 aliphatic carbocycles. The van der Waals surface area contributed by atoms with Crippen molar-refractivity contribution in [2.75, 3.05) is 18.0 Å². The standard InChI is InChI=1S/C17H17ClN2O2S/c18-14-5-1-2-6-15(14)20-11-12(10-16(20)21)17(22)19-8-7-13-4-3-9-23-13/h1-6,9,12H,7-8,10-11H2,(H,19,22). The third-order valence-electron chi connectivity index (χ3n) is 3.89. The van der Waals surface area contributed by atoms with E-state index in [-0.39, 0.29) is 24.2 Å². The highest BCUT2D eigenvalue weighted by molar-refractivity contribution is 7.09. The number of carbonyl (C=O) groups is 2. The van der Waals surface area contributed by atoms with Gasteiger partial charge in [0.25, 0.3) is 0 Å². The van der Waals surface area contributed by atoms with Gasteiger partial charge in [-0.3, -0.25) is 9.59 Å². The number of thiophene rings is 1. The van der Waals surface area contributed by atoms with Gasteiger partial charge in [0.05, 0.1) is 16.6 Å². The molecule has 1 N–H and O–H groups in total. The van der Waals surface area contributed by atoms with Crippen LogP contribution in [0.3, 0.4) is 0 Å². The lowest BCUT2D eigenvalue weighted by Crippen LogP contribution is -2.34. The second kappa shape index (κ2) is 7.15. The van der Waals surface area contributed by atoms with E-state index in [0.717, 1.165) is 6.42 Å². The minimum absolute atomic E-state index is 0.0588. The molecule has 1 saturated heterocycles. The van der Waals surface area contributed by atoms with Crippen molar-refractivity contribution in [1.82, 2.24) is 5.32 Å². The summed E-state index contributed by atoms with van der Waals surface area (Å²) in [6.45, 7) is 0.976. The van der Waals surface area contributed by atoms with Gasteiger partial charge in [-0.1, -0.05) is 29.8 Å². The van der Waals surface area contributed by atoms with Crippen molar-refractivity contribution in [2.24, 2.45) is 5.92 Å². The van der Waals surface area contributed by atoms with Gasteiger partial charge in [-0.05, 0) is 30.0 Å². The number of hydrogen-bond donors (Lipinski definition) is 1. The zero-order valence-corrected chi connectivity index (χ0v) is 14.1. The van der Waals surface area contributed by atoms with E-state index in [9.17, 15) is 9.59 Å². The van der Waals surface area contributed by atoms with Gasteiger partial charge >= 0.3 is 0 Å². The first-order chi connectivity index (χ1) is 11.1. The van der Waals surface area contributed by atoms with Crippen LogP contribution in [0.4, 0.5) is 5.69 Å². The Hall–Kier alpha value is -1.85. The van der Waals surface area contributed by atoms with Crippen molar-refractivity contribution in [2.45, 2.75) is 12.8 Å². The van der Waals surface area contributed by atoms with E-state index < -0.39 is 0 Å². The quantitative estimate of drug-likeness (QED) is 0.902. The van der Waals surface area contributed by atoms with Crippen LogP contribution in [0.15, 0.2) is 41.8 Å². The molecule has 6 heteroatoms. The summed E-state index contributed by atoms with van der Waals surface area (Å²) < 4.78 is 0. The van der Waals surface area contributed by atoms with Gasteiger partial charge in [0, 0.05) is 24.4 Å². The number of amides is 2. The molecular formula is C17H17ClN2O2S.